The van der Waals surface area contributed by atoms with E-state index in [-0.39, 0.29) is 30.3 Å². The van der Waals surface area contributed by atoms with Crippen LogP contribution in [-0.4, -0.2) is 74.5 Å². The molecule has 0 spiro atoms. The molecule has 4 nitrogen and oxygen atoms in total. The molecule has 87 valence electrons. The van der Waals surface area contributed by atoms with E-state index in [9.17, 15) is 0 Å². The number of aliphatic hydroxyl groups excluding tert-OH is 2. The van der Waals surface area contributed by atoms with Gasteiger partial charge >= 0.3 is 0 Å². The molecule has 0 fully saturated rings. The van der Waals surface area contributed by atoms with E-state index in [1.807, 2.05) is 38.0 Å². The smallest absolute Gasteiger partial charge is 0.0558 e. The van der Waals surface area contributed by atoms with Crippen LogP contribution in [0.15, 0.2) is 0 Å². The Hall–Kier alpha value is 0.359. The maximum Gasteiger partial charge on any atom is 0.0558 e. The largest absolute Gasteiger partial charge is 0.395 e. The van der Waals surface area contributed by atoms with Crippen LogP contribution in [0.3, 0.4) is 0 Å². The van der Waals surface area contributed by atoms with Gasteiger partial charge in [0.25, 0.3) is 0 Å². The summed E-state index contributed by atoms with van der Waals surface area (Å²) in [5, 5.41) is 16.4. The normalized spacial score (nSPS) is 9.23. The van der Waals surface area contributed by atoms with Gasteiger partial charge in [-0.2, -0.15) is 0 Å². The topological polar surface area (TPSA) is 46.9 Å². The summed E-state index contributed by atoms with van der Waals surface area (Å²) in [5.41, 5.74) is 0. The van der Waals surface area contributed by atoms with Crippen LogP contribution in [0.2, 0.25) is 0 Å². The van der Waals surface area contributed by atoms with Gasteiger partial charge in [-0.3, -0.25) is 0 Å². The molecule has 0 unspecified atom stereocenters. The van der Waals surface area contributed by atoms with Gasteiger partial charge in [0.15, 0.2) is 0 Å². The number of nitrogens with zero attached hydrogens (tertiary/aromatic N) is 2. The van der Waals surface area contributed by atoms with Crippen molar-refractivity contribution in [2.75, 3.05) is 54.5 Å². The van der Waals surface area contributed by atoms with Gasteiger partial charge in [-0.15, -0.1) is 0 Å². The Balaban J connectivity index is -0.000000143. The average Bonchev–Trinajstić information content (AvgIpc) is 1.87. The number of likely N-dealkylation sites (N-methyl/N-ethyl adjacent to an activating group) is 2. The second-order valence-corrected chi connectivity index (χ2v) is 3.05. The number of rotatable bonds is 4. The molecular weight excluding hydrogens is 220 g/mol. The molecule has 0 atom stereocenters. The monoisotopic (exact) mass is 241 g/mol. The maximum absolute atomic E-state index is 8.20. The Labute approximate surface area is 92.0 Å². The minimum Gasteiger partial charge on any atom is -0.395 e. The van der Waals surface area contributed by atoms with E-state index in [1.165, 1.54) is 0 Å². The van der Waals surface area contributed by atoms with Gasteiger partial charge in [-0.1, -0.05) is 0 Å². The van der Waals surface area contributed by atoms with E-state index < -0.39 is 0 Å². The summed E-state index contributed by atoms with van der Waals surface area (Å²) in [6, 6.07) is 0. The second kappa shape index (κ2) is 14.9. The molecule has 0 aliphatic rings. The summed E-state index contributed by atoms with van der Waals surface area (Å²) in [5.74, 6) is 0. The van der Waals surface area contributed by atoms with Gasteiger partial charge in [0.1, 0.15) is 0 Å². The van der Waals surface area contributed by atoms with Crippen molar-refractivity contribution in [3.63, 3.8) is 0 Å². The molecule has 0 aliphatic heterocycles. The fourth-order valence-electron chi connectivity index (χ4n) is 0.400. The molecule has 0 aromatic heterocycles. The second-order valence-electron chi connectivity index (χ2n) is 3.05. The summed E-state index contributed by atoms with van der Waals surface area (Å²) in [7, 11) is 7.71. The molecule has 13 heavy (non-hydrogen) atoms. The number of hydrogen-bond acceptors (Lipinski definition) is 4. The van der Waals surface area contributed by atoms with Gasteiger partial charge in [0.05, 0.1) is 13.2 Å². The number of hydrogen-bond donors (Lipinski definition) is 2. The van der Waals surface area contributed by atoms with E-state index >= 15 is 0 Å². The summed E-state index contributed by atoms with van der Waals surface area (Å²) >= 11 is 0. The molecule has 0 saturated carbocycles. The summed E-state index contributed by atoms with van der Waals surface area (Å²) in [4.78, 5) is 3.86. The standard InChI is InChI=1S/2C4H11NO.Cu/c2*1-5(2)3-4-6;/h2*6H,3-4H2,1-2H3;. The molecule has 0 aromatic rings. The van der Waals surface area contributed by atoms with Gasteiger partial charge in [-0.25, -0.2) is 0 Å². The van der Waals surface area contributed by atoms with Crippen LogP contribution in [0.1, 0.15) is 0 Å². The van der Waals surface area contributed by atoms with Crippen LogP contribution in [0.5, 0.6) is 0 Å². The average molecular weight is 242 g/mol. The third-order valence-corrected chi connectivity index (χ3v) is 1.09. The third kappa shape index (κ3) is 32.8. The first-order chi connectivity index (χ1) is 5.54. The molecule has 0 rings (SSSR count). The van der Waals surface area contributed by atoms with Crippen LogP contribution < -0.4 is 0 Å². The van der Waals surface area contributed by atoms with Gasteiger partial charge in [-0.05, 0) is 28.2 Å². The van der Waals surface area contributed by atoms with Crippen molar-refractivity contribution >= 4 is 0 Å². The minimum atomic E-state index is 0. The first-order valence-corrected chi connectivity index (χ1v) is 4.05. The Morgan fingerprint density at radius 2 is 1.00 bits per heavy atom. The Morgan fingerprint density at radius 1 is 0.769 bits per heavy atom. The molecule has 5 heteroatoms. The van der Waals surface area contributed by atoms with Crippen LogP contribution >= 0.6 is 0 Å². The summed E-state index contributed by atoms with van der Waals surface area (Å²) in [6.45, 7) is 2.04. The molecule has 0 heterocycles. The van der Waals surface area contributed by atoms with Crippen molar-refractivity contribution in [2.24, 2.45) is 0 Å². The molecule has 0 amide bonds. The Bertz CT molecular complexity index is 72.5. The molecule has 0 aliphatic carbocycles. The van der Waals surface area contributed by atoms with Crippen LogP contribution in [0.4, 0.5) is 0 Å². The van der Waals surface area contributed by atoms with Crippen LogP contribution in [-0.2, 0) is 17.1 Å². The van der Waals surface area contributed by atoms with E-state index in [0.29, 0.717) is 0 Å². The first kappa shape index (κ1) is 19.0. The predicted octanol–water partition coefficient (Wildman–Crippen LogP) is -0.922. The SMILES string of the molecule is CN(C)CCO.CN(C)CCO.[Cu]. The fourth-order valence-corrected chi connectivity index (χ4v) is 0.400. The quantitative estimate of drug-likeness (QED) is 0.625. The first-order valence-electron chi connectivity index (χ1n) is 4.05. The van der Waals surface area contributed by atoms with Crippen molar-refractivity contribution in [3.05, 3.63) is 0 Å². The Kier molecular flexibility index (Phi) is 21.7. The van der Waals surface area contributed by atoms with Crippen molar-refractivity contribution in [1.82, 2.24) is 9.80 Å². The van der Waals surface area contributed by atoms with Crippen molar-refractivity contribution < 1.29 is 27.3 Å². The van der Waals surface area contributed by atoms with Gasteiger partial charge < -0.3 is 20.0 Å². The summed E-state index contributed by atoms with van der Waals surface area (Å²) in [6.07, 6.45) is 0. The molecule has 0 bridgehead atoms. The predicted molar refractivity (Wildman–Crippen MR) is 51.3 cm³/mol. The molecule has 2 N–H and O–H groups in total. The fraction of sp³-hybridized carbons (Fsp3) is 1.00. The van der Waals surface area contributed by atoms with E-state index in [2.05, 4.69) is 0 Å². The van der Waals surface area contributed by atoms with Gasteiger partial charge in [0, 0.05) is 30.2 Å². The molecule has 0 aromatic carbocycles. The van der Waals surface area contributed by atoms with E-state index in [4.69, 9.17) is 10.2 Å². The maximum atomic E-state index is 8.20. The van der Waals surface area contributed by atoms with Crippen LogP contribution in [0, 0.1) is 0 Å². The van der Waals surface area contributed by atoms with Crippen molar-refractivity contribution in [1.29, 1.82) is 0 Å². The van der Waals surface area contributed by atoms with E-state index in [1.54, 1.807) is 0 Å². The van der Waals surface area contributed by atoms with Gasteiger partial charge in [0.2, 0.25) is 0 Å². The molecular formula is C8H22CuN2O2. The zero-order valence-electron chi connectivity index (χ0n) is 8.92. The van der Waals surface area contributed by atoms with E-state index in [0.717, 1.165) is 13.1 Å². The molecule has 0 saturated heterocycles. The third-order valence-electron chi connectivity index (χ3n) is 1.09. The molecule has 1 radical (unpaired) electrons. The number of aliphatic hydroxyl groups is 2. The van der Waals surface area contributed by atoms with Crippen molar-refractivity contribution in [3.8, 4) is 0 Å². The summed E-state index contributed by atoms with van der Waals surface area (Å²) < 4.78 is 0. The van der Waals surface area contributed by atoms with Crippen molar-refractivity contribution in [2.45, 2.75) is 0 Å². The van der Waals surface area contributed by atoms with Crippen LogP contribution in [0.25, 0.3) is 0 Å². The zero-order valence-corrected chi connectivity index (χ0v) is 9.86. The Morgan fingerprint density at radius 3 is 1.00 bits per heavy atom. The minimum absolute atomic E-state index is 0. The zero-order chi connectivity index (χ0) is 9.98.